The Morgan fingerprint density at radius 2 is 1.72 bits per heavy atom. The monoisotopic (exact) mass is 527 g/mol. The van der Waals surface area contributed by atoms with Gasteiger partial charge >= 0.3 is 12.1 Å². The van der Waals surface area contributed by atoms with Crippen LogP contribution >= 0.6 is 0 Å². The largest absolute Gasteiger partial charge is 0.496 e. The zero-order valence-electron chi connectivity index (χ0n) is 23.4. The Balaban J connectivity index is 1.96. The maximum atomic E-state index is 13.8. The van der Waals surface area contributed by atoms with E-state index in [9.17, 15) is 9.59 Å². The van der Waals surface area contributed by atoms with Crippen molar-refractivity contribution in [3.8, 4) is 16.9 Å². The van der Waals surface area contributed by atoms with Gasteiger partial charge < -0.3 is 14.2 Å². The van der Waals surface area contributed by atoms with E-state index in [1.165, 1.54) is 7.11 Å². The Kier molecular flexibility index (Phi) is 7.85. The topological polar surface area (TPSA) is 90.8 Å². The predicted molar refractivity (Wildman–Crippen MR) is 151 cm³/mol. The maximum absolute atomic E-state index is 13.8. The molecule has 0 spiro atoms. The fourth-order valence-electron chi connectivity index (χ4n) is 4.51. The molecule has 4 aromatic rings. The van der Waals surface area contributed by atoms with Crippen molar-refractivity contribution < 1.29 is 23.8 Å². The van der Waals surface area contributed by atoms with E-state index in [2.05, 4.69) is 9.97 Å². The molecule has 39 heavy (non-hydrogen) atoms. The molecule has 0 saturated heterocycles. The van der Waals surface area contributed by atoms with Crippen molar-refractivity contribution in [1.82, 2.24) is 9.97 Å². The normalized spacial score (nSPS) is 11.3. The lowest BCUT2D eigenvalue weighted by molar-refractivity contribution is 0.0573. The first-order valence-corrected chi connectivity index (χ1v) is 12.6. The number of fused-ring (bicyclic) bond motifs is 1. The lowest BCUT2D eigenvalue weighted by Crippen LogP contribution is -2.37. The van der Waals surface area contributed by atoms with Crippen LogP contribution in [0.1, 0.15) is 48.0 Å². The summed E-state index contributed by atoms with van der Waals surface area (Å²) in [5.41, 5.74) is 4.68. The van der Waals surface area contributed by atoms with Crippen LogP contribution < -0.4 is 9.64 Å². The molecule has 0 unspecified atom stereocenters. The number of ether oxygens (including phenoxy) is 3. The molecule has 202 valence electrons. The van der Waals surface area contributed by atoms with Gasteiger partial charge in [-0.1, -0.05) is 18.2 Å². The predicted octanol–water partition coefficient (Wildman–Crippen LogP) is 6.65. The van der Waals surface area contributed by atoms with E-state index in [0.29, 0.717) is 33.6 Å². The van der Waals surface area contributed by atoms with Crippen LogP contribution in [0, 0.1) is 13.8 Å². The Morgan fingerprint density at radius 1 is 0.974 bits per heavy atom. The second kappa shape index (κ2) is 11.1. The molecule has 1 amide bonds. The molecule has 0 N–H and O–H groups in total. The van der Waals surface area contributed by atoms with Gasteiger partial charge in [0.15, 0.2) is 0 Å². The third-order valence-electron chi connectivity index (χ3n) is 6.30. The van der Waals surface area contributed by atoms with Gasteiger partial charge in [-0.2, -0.15) is 0 Å². The first kappa shape index (κ1) is 27.6. The number of hydrogen-bond acceptors (Lipinski definition) is 7. The highest BCUT2D eigenvalue weighted by atomic mass is 16.6. The minimum Gasteiger partial charge on any atom is -0.496 e. The molecule has 2 heterocycles. The number of carbonyl (C=O) groups excluding carboxylic acids is 2. The molecule has 0 fully saturated rings. The van der Waals surface area contributed by atoms with E-state index in [-0.39, 0.29) is 6.54 Å². The van der Waals surface area contributed by atoms with Crippen LogP contribution in [0.25, 0.3) is 22.0 Å². The molecule has 2 aromatic carbocycles. The standard InChI is InChI=1S/C31H33N3O5/c1-19-17-33-26(20(2)28(19)37-6)18-34(30(36)39-31(3,4)5)27-16-21(15-25-24(27)13-10-14-32-25)22-11-8-9-12-23(22)29(35)38-7/h8-17H,18H2,1-7H3. The number of carbonyl (C=O) groups is 2. The van der Waals surface area contributed by atoms with Gasteiger partial charge in [-0.15, -0.1) is 0 Å². The van der Waals surface area contributed by atoms with Crippen LogP contribution in [0.3, 0.4) is 0 Å². The minimum atomic E-state index is -0.730. The molecule has 0 aliphatic rings. The third-order valence-corrected chi connectivity index (χ3v) is 6.30. The van der Waals surface area contributed by atoms with E-state index < -0.39 is 17.7 Å². The number of aryl methyl sites for hydroxylation is 1. The van der Waals surface area contributed by atoms with Crippen LogP contribution in [0.2, 0.25) is 0 Å². The van der Waals surface area contributed by atoms with Crippen LogP contribution in [0.15, 0.2) is 60.9 Å². The van der Waals surface area contributed by atoms with E-state index in [4.69, 9.17) is 14.2 Å². The van der Waals surface area contributed by atoms with Gasteiger partial charge in [0, 0.05) is 28.9 Å². The summed E-state index contributed by atoms with van der Waals surface area (Å²) in [5, 5.41) is 0.749. The van der Waals surface area contributed by atoms with Crippen LogP contribution in [-0.2, 0) is 16.0 Å². The van der Waals surface area contributed by atoms with Gasteiger partial charge in [-0.3, -0.25) is 14.9 Å². The van der Waals surface area contributed by atoms with Gasteiger partial charge in [-0.25, -0.2) is 9.59 Å². The summed E-state index contributed by atoms with van der Waals surface area (Å²) in [4.78, 5) is 37.1. The average Bonchev–Trinajstić information content (AvgIpc) is 2.91. The summed E-state index contributed by atoms with van der Waals surface area (Å²) in [7, 11) is 2.97. The fraction of sp³-hybridized carbons (Fsp3) is 0.290. The van der Waals surface area contributed by atoms with Crippen LogP contribution in [0.4, 0.5) is 10.5 Å². The van der Waals surface area contributed by atoms with Crippen molar-refractivity contribution >= 4 is 28.7 Å². The highest BCUT2D eigenvalue weighted by Crippen LogP contribution is 2.36. The Bertz CT molecular complexity index is 1540. The van der Waals surface area contributed by atoms with Gasteiger partial charge in [0.05, 0.1) is 43.2 Å². The lowest BCUT2D eigenvalue weighted by atomic mass is 9.97. The SMILES string of the molecule is COC(=O)c1ccccc1-c1cc(N(Cc2ncc(C)c(OC)c2C)C(=O)OC(C)(C)C)c2cccnc2c1. The number of pyridine rings is 2. The molecule has 0 aliphatic heterocycles. The molecule has 0 saturated carbocycles. The van der Waals surface area contributed by atoms with Gasteiger partial charge in [0.25, 0.3) is 0 Å². The van der Waals surface area contributed by atoms with E-state index in [1.54, 1.807) is 36.5 Å². The number of benzene rings is 2. The quantitative estimate of drug-likeness (QED) is 0.259. The van der Waals surface area contributed by atoms with Crippen molar-refractivity contribution in [2.24, 2.45) is 0 Å². The highest BCUT2D eigenvalue weighted by molar-refractivity contribution is 6.05. The molecule has 0 aliphatic carbocycles. The first-order valence-electron chi connectivity index (χ1n) is 12.6. The molecule has 8 heteroatoms. The van der Waals surface area contributed by atoms with E-state index >= 15 is 0 Å². The Morgan fingerprint density at radius 3 is 2.41 bits per heavy atom. The summed E-state index contributed by atoms with van der Waals surface area (Å²) in [6.45, 7) is 9.45. The van der Waals surface area contributed by atoms with Gasteiger partial charge in [0.2, 0.25) is 0 Å². The summed E-state index contributed by atoms with van der Waals surface area (Å²) in [6, 6.07) is 14.7. The lowest BCUT2D eigenvalue weighted by Gasteiger charge is -2.29. The molecule has 0 atom stereocenters. The van der Waals surface area contributed by atoms with Crippen molar-refractivity contribution in [1.29, 1.82) is 0 Å². The van der Waals surface area contributed by atoms with Gasteiger partial charge in [-0.05, 0) is 76.1 Å². The van der Waals surface area contributed by atoms with Crippen molar-refractivity contribution in [2.75, 3.05) is 19.1 Å². The maximum Gasteiger partial charge on any atom is 0.415 e. The summed E-state index contributed by atoms with van der Waals surface area (Å²) < 4.78 is 16.5. The highest BCUT2D eigenvalue weighted by Gasteiger charge is 2.28. The number of methoxy groups -OCH3 is 2. The number of rotatable bonds is 6. The second-order valence-corrected chi connectivity index (χ2v) is 10.2. The summed E-state index contributed by atoms with van der Waals surface area (Å²) in [6.07, 6.45) is 2.89. The molecule has 2 aromatic heterocycles. The average molecular weight is 528 g/mol. The minimum absolute atomic E-state index is 0.128. The van der Waals surface area contributed by atoms with E-state index in [0.717, 1.165) is 22.3 Å². The number of esters is 1. The molecular weight excluding hydrogens is 494 g/mol. The van der Waals surface area contributed by atoms with Crippen molar-refractivity contribution in [2.45, 2.75) is 46.8 Å². The fourth-order valence-corrected chi connectivity index (χ4v) is 4.51. The Hall–Kier alpha value is -4.46. The van der Waals surface area contributed by atoms with Crippen LogP contribution in [0.5, 0.6) is 5.75 Å². The number of hydrogen-bond donors (Lipinski definition) is 0. The molecule has 0 radical (unpaired) electrons. The number of amides is 1. The van der Waals surface area contributed by atoms with Crippen molar-refractivity contribution in [3.05, 3.63) is 83.3 Å². The van der Waals surface area contributed by atoms with Crippen molar-refractivity contribution in [3.63, 3.8) is 0 Å². The first-order chi connectivity index (χ1) is 18.5. The molecular formula is C31H33N3O5. The molecule has 8 nitrogen and oxygen atoms in total. The summed E-state index contributed by atoms with van der Waals surface area (Å²) in [5.74, 6) is 0.264. The van der Waals surface area contributed by atoms with Crippen LogP contribution in [-0.4, -0.2) is 41.9 Å². The van der Waals surface area contributed by atoms with E-state index in [1.807, 2.05) is 71.0 Å². The smallest absolute Gasteiger partial charge is 0.415 e. The number of aromatic nitrogens is 2. The zero-order chi connectivity index (χ0) is 28.3. The van der Waals surface area contributed by atoms with Gasteiger partial charge in [0.1, 0.15) is 11.4 Å². The second-order valence-electron chi connectivity index (χ2n) is 10.2. The zero-order valence-corrected chi connectivity index (χ0v) is 23.4. The number of nitrogens with zero attached hydrogens (tertiary/aromatic N) is 3. The Labute approximate surface area is 228 Å². The third kappa shape index (κ3) is 5.85. The number of anilines is 1. The molecule has 0 bridgehead atoms. The summed E-state index contributed by atoms with van der Waals surface area (Å²) >= 11 is 0. The molecule has 4 rings (SSSR count).